The largest absolute Gasteiger partial charge is 0.292 e. The van der Waals surface area contributed by atoms with Crippen LogP contribution >= 0.6 is 0 Å². The van der Waals surface area contributed by atoms with Gasteiger partial charge in [-0.15, -0.1) is 0 Å². The molecule has 0 unspecified atom stereocenters. The summed E-state index contributed by atoms with van der Waals surface area (Å²) in [6.07, 6.45) is 3.53. The second-order valence-electron chi connectivity index (χ2n) is 4.56. The molecule has 92 valence electrons. The van der Waals surface area contributed by atoms with Crippen LogP contribution in [-0.2, 0) is 6.42 Å². The molecule has 0 radical (unpaired) electrons. The number of carbonyl (C=O) groups is 1. The van der Waals surface area contributed by atoms with Gasteiger partial charge in [-0.05, 0) is 37.5 Å². The van der Waals surface area contributed by atoms with Crippen LogP contribution in [0.25, 0.3) is 0 Å². The number of hydrogen-bond acceptors (Lipinski definition) is 3. The van der Waals surface area contributed by atoms with E-state index in [1.165, 1.54) is 11.1 Å². The molecule has 0 N–H and O–H groups in total. The van der Waals surface area contributed by atoms with Crippen molar-refractivity contribution in [1.29, 1.82) is 0 Å². The highest BCUT2D eigenvalue weighted by Gasteiger charge is 2.09. The number of aromatic nitrogens is 2. The number of Topliss-reactive ketones (excluding diaryl/α,β-unsaturated/α-hetero) is 1. The van der Waals surface area contributed by atoms with Gasteiger partial charge in [0.05, 0.1) is 11.9 Å². The van der Waals surface area contributed by atoms with Gasteiger partial charge in [0.1, 0.15) is 5.69 Å². The second-order valence-corrected chi connectivity index (χ2v) is 4.56. The SMILES string of the molecule is Cc1cnc(C(=O)Cc2ccc(C)c(C)c2)cn1. The number of rotatable bonds is 3. The predicted octanol–water partition coefficient (Wildman–Crippen LogP) is 2.83. The molecule has 3 nitrogen and oxygen atoms in total. The number of carbonyl (C=O) groups excluding carboxylic acids is 1. The molecule has 3 heteroatoms. The lowest BCUT2D eigenvalue weighted by molar-refractivity contribution is 0.0988. The molecule has 0 aliphatic heterocycles. The van der Waals surface area contributed by atoms with E-state index >= 15 is 0 Å². The zero-order chi connectivity index (χ0) is 13.1. The molecule has 0 aliphatic rings. The van der Waals surface area contributed by atoms with Gasteiger partial charge in [0.2, 0.25) is 0 Å². The first-order valence-corrected chi connectivity index (χ1v) is 5.94. The average Bonchev–Trinajstić information content (AvgIpc) is 2.34. The molecule has 2 rings (SSSR count). The molecule has 2 aromatic rings. The van der Waals surface area contributed by atoms with Crippen molar-refractivity contribution in [2.45, 2.75) is 27.2 Å². The van der Waals surface area contributed by atoms with Crippen molar-refractivity contribution in [3.63, 3.8) is 0 Å². The van der Waals surface area contributed by atoms with Gasteiger partial charge in [0, 0.05) is 12.6 Å². The molecule has 1 heterocycles. The van der Waals surface area contributed by atoms with Crippen LogP contribution in [0.5, 0.6) is 0 Å². The van der Waals surface area contributed by atoms with Crippen molar-refractivity contribution in [2.24, 2.45) is 0 Å². The molecular formula is C15H16N2O. The quantitative estimate of drug-likeness (QED) is 0.775. The van der Waals surface area contributed by atoms with E-state index in [1.807, 2.05) is 19.1 Å². The minimum absolute atomic E-state index is 0.00533. The molecule has 0 saturated carbocycles. The highest BCUT2D eigenvalue weighted by Crippen LogP contribution is 2.12. The first kappa shape index (κ1) is 12.4. The van der Waals surface area contributed by atoms with Crippen LogP contribution in [0.2, 0.25) is 0 Å². The van der Waals surface area contributed by atoms with Crippen molar-refractivity contribution in [3.05, 3.63) is 58.7 Å². The van der Waals surface area contributed by atoms with Crippen LogP contribution in [0.4, 0.5) is 0 Å². The van der Waals surface area contributed by atoms with E-state index in [-0.39, 0.29) is 5.78 Å². The number of ketones is 1. The third kappa shape index (κ3) is 2.80. The van der Waals surface area contributed by atoms with Crippen molar-refractivity contribution >= 4 is 5.78 Å². The van der Waals surface area contributed by atoms with Crippen molar-refractivity contribution in [3.8, 4) is 0 Å². The van der Waals surface area contributed by atoms with Crippen molar-refractivity contribution in [2.75, 3.05) is 0 Å². The molecule has 0 aliphatic carbocycles. The molecule has 18 heavy (non-hydrogen) atoms. The van der Waals surface area contributed by atoms with Gasteiger partial charge in [-0.3, -0.25) is 9.78 Å². The van der Waals surface area contributed by atoms with E-state index in [2.05, 4.69) is 29.9 Å². The first-order chi connectivity index (χ1) is 8.56. The Hall–Kier alpha value is -2.03. The third-order valence-electron chi connectivity index (χ3n) is 3.00. The number of aryl methyl sites for hydroxylation is 3. The van der Waals surface area contributed by atoms with E-state index in [1.54, 1.807) is 12.4 Å². The van der Waals surface area contributed by atoms with Crippen molar-refractivity contribution in [1.82, 2.24) is 9.97 Å². The maximum Gasteiger partial charge on any atom is 0.187 e. The summed E-state index contributed by atoms with van der Waals surface area (Å²) < 4.78 is 0. The Labute approximate surface area is 107 Å². The number of hydrogen-bond donors (Lipinski definition) is 0. The Bertz CT molecular complexity index is 574. The summed E-state index contributed by atoms with van der Waals surface area (Å²) in [6, 6.07) is 6.08. The van der Waals surface area contributed by atoms with Crippen LogP contribution in [0.3, 0.4) is 0 Å². The zero-order valence-electron chi connectivity index (χ0n) is 10.9. The maximum atomic E-state index is 12.0. The van der Waals surface area contributed by atoms with Crippen LogP contribution in [-0.4, -0.2) is 15.8 Å². The molecule has 0 saturated heterocycles. The fourth-order valence-corrected chi connectivity index (χ4v) is 1.73. The summed E-state index contributed by atoms with van der Waals surface area (Å²) >= 11 is 0. The number of nitrogens with zero attached hydrogens (tertiary/aromatic N) is 2. The Balaban J connectivity index is 2.16. The van der Waals surface area contributed by atoms with Gasteiger partial charge in [-0.25, -0.2) is 4.98 Å². The van der Waals surface area contributed by atoms with Crippen LogP contribution < -0.4 is 0 Å². The summed E-state index contributed by atoms with van der Waals surface area (Å²) in [5, 5.41) is 0. The first-order valence-electron chi connectivity index (χ1n) is 5.94. The molecule has 0 spiro atoms. The van der Waals surface area contributed by atoms with E-state index < -0.39 is 0 Å². The summed E-state index contributed by atoms with van der Waals surface area (Å²) in [7, 11) is 0. The smallest absolute Gasteiger partial charge is 0.187 e. The highest BCUT2D eigenvalue weighted by atomic mass is 16.1. The van der Waals surface area contributed by atoms with Gasteiger partial charge in [0.25, 0.3) is 0 Å². The highest BCUT2D eigenvalue weighted by molar-refractivity contribution is 5.95. The Morgan fingerprint density at radius 1 is 1.06 bits per heavy atom. The Morgan fingerprint density at radius 3 is 2.44 bits per heavy atom. The van der Waals surface area contributed by atoms with Gasteiger partial charge < -0.3 is 0 Å². The maximum absolute atomic E-state index is 12.0. The summed E-state index contributed by atoms with van der Waals surface area (Å²) in [5.41, 5.74) is 4.71. The minimum Gasteiger partial charge on any atom is -0.292 e. The summed E-state index contributed by atoms with van der Waals surface area (Å²) in [5.74, 6) is 0.00533. The molecule has 1 aromatic carbocycles. The minimum atomic E-state index is 0.00533. The predicted molar refractivity (Wildman–Crippen MR) is 70.7 cm³/mol. The molecule has 0 amide bonds. The molecule has 0 atom stereocenters. The average molecular weight is 240 g/mol. The van der Waals surface area contributed by atoms with Crippen LogP contribution in [0.1, 0.15) is 32.9 Å². The zero-order valence-corrected chi connectivity index (χ0v) is 10.9. The van der Waals surface area contributed by atoms with Crippen LogP contribution in [0, 0.1) is 20.8 Å². The standard InChI is InChI=1S/C15H16N2O/c1-10-4-5-13(6-11(10)2)7-15(18)14-9-16-12(3)8-17-14/h4-6,8-9H,7H2,1-3H3. The van der Waals surface area contributed by atoms with Gasteiger partial charge in [-0.1, -0.05) is 18.2 Å². The molecule has 0 fully saturated rings. The van der Waals surface area contributed by atoms with Gasteiger partial charge in [0.15, 0.2) is 5.78 Å². The normalized spacial score (nSPS) is 10.4. The summed E-state index contributed by atoms with van der Waals surface area (Å²) in [6.45, 7) is 5.96. The Kier molecular flexibility index (Phi) is 3.51. The molecule has 0 bridgehead atoms. The van der Waals surface area contributed by atoms with Gasteiger partial charge in [-0.2, -0.15) is 0 Å². The van der Waals surface area contributed by atoms with Crippen molar-refractivity contribution < 1.29 is 4.79 Å². The summed E-state index contributed by atoms with van der Waals surface area (Å²) in [4.78, 5) is 20.2. The lowest BCUT2D eigenvalue weighted by Gasteiger charge is -2.04. The molecule has 1 aromatic heterocycles. The number of benzene rings is 1. The van der Waals surface area contributed by atoms with E-state index in [0.717, 1.165) is 11.3 Å². The Morgan fingerprint density at radius 2 is 1.83 bits per heavy atom. The second kappa shape index (κ2) is 5.08. The van der Waals surface area contributed by atoms with E-state index in [0.29, 0.717) is 12.1 Å². The van der Waals surface area contributed by atoms with Crippen LogP contribution in [0.15, 0.2) is 30.6 Å². The fourth-order valence-electron chi connectivity index (χ4n) is 1.73. The topological polar surface area (TPSA) is 42.9 Å². The monoisotopic (exact) mass is 240 g/mol. The lowest BCUT2D eigenvalue weighted by Crippen LogP contribution is -2.07. The van der Waals surface area contributed by atoms with E-state index in [9.17, 15) is 4.79 Å². The third-order valence-corrected chi connectivity index (χ3v) is 3.00. The lowest BCUT2D eigenvalue weighted by atomic mass is 10.0. The van der Waals surface area contributed by atoms with Gasteiger partial charge >= 0.3 is 0 Å². The fraction of sp³-hybridized carbons (Fsp3) is 0.267. The molecular weight excluding hydrogens is 224 g/mol. The van der Waals surface area contributed by atoms with E-state index in [4.69, 9.17) is 0 Å².